The van der Waals surface area contributed by atoms with E-state index < -0.39 is 0 Å². The molecule has 0 bridgehead atoms. The van der Waals surface area contributed by atoms with Crippen LogP contribution in [0.25, 0.3) is 11.0 Å². The number of carbonyl (C=O) groups excluding carboxylic acids is 1. The van der Waals surface area contributed by atoms with Crippen LogP contribution in [0.1, 0.15) is 56.0 Å². The van der Waals surface area contributed by atoms with Gasteiger partial charge in [-0.3, -0.25) is 4.79 Å². The van der Waals surface area contributed by atoms with Crippen molar-refractivity contribution in [2.45, 2.75) is 58.3 Å². The molecule has 0 unspecified atom stereocenters. The highest BCUT2D eigenvalue weighted by Gasteiger charge is 2.25. The lowest BCUT2D eigenvalue weighted by molar-refractivity contribution is -0.139. The van der Waals surface area contributed by atoms with Crippen LogP contribution in [0.2, 0.25) is 0 Å². The Kier molecular flexibility index (Phi) is 9.06. The van der Waals surface area contributed by atoms with Crippen molar-refractivity contribution in [3.8, 4) is 11.5 Å². The number of aryl methyl sites for hydroxylation is 1. The maximum Gasteiger partial charge on any atom is 0.309 e. The van der Waals surface area contributed by atoms with Crippen LogP contribution in [0.4, 0.5) is 0 Å². The molecule has 0 aliphatic carbocycles. The zero-order valence-corrected chi connectivity index (χ0v) is 22.8. The van der Waals surface area contributed by atoms with Gasteiger partial charge in [-0.05, 0) is 47.2 Å². The number of ether oxygens (including phenoxy) is 3. The molecule has 3 aromatic carbocycles. The second kappa shape index (κ2) is 12.6. The minimum absolute atomic E-state index is 0.0627. The highest BCUT2D eigenvalue weighted by Crippen LogP contribution is 2.35. The lowest BCUT2D eigenvalue weighted by atomic mass is 9.80. The van der Waals surface area contributed by atoms with E-state index in [9.17, 15) is 4.79 Å². The van der Waals surface area contributed by atoms with Crippen LogP contribution in [0, 0.1) is 0 Å². The summed E-state index contributed by atoms with van der Waals surface area (Å²) < 4.78 is 22.6. The summed E-state index contributed by atoms with van der Waals surface area (Å²) >= 11 is 0. The highest BCUT2D eigenvalue weighted by atomic mass is 16.5. The van der Waals surface area contributed by atoms with Crippen LogP contribution in [0.15, 0.2) is 71.3 Å². The number of hydrogen-bond donors (Lipinski definition) is 0. The molecule has 0 spiro atoms. The van der Waals surface area contributed by atoms with Gasteiger partial charge in [-0.1, -0.05) is 74.8 Å². The van der Waals surface area contributed by atoms with Crippen molar-refractivity contribution in [2.75, 3.05) is 20.3 Å². The molecule has 0 radical (unpaired) electrons. The summed E-state index contributed by atoms with van der Waals surface area (Å²) in [5.74, 6) is 1.35. The van der Waals surface area contributed by atoms with Gasteiger partial charge in [0.15, 0.2) is 5.58 Å². The highest BCUT2D eigenvalue weighted by molar-refractivity contribution is 5.84. The number of hydrogen-bond acceptors (Lipinski definition) is 6. The van der Waals surface area contributed by atoms with Gasteiger partial charge in [0, 0.05) is 23.8 Å². The molecular formula is C32H37NO5. The fourth-order valence-electron chi connectivity index (χ4n) is 4.62. The third-order valence-corrected chi connectivity index (χ3v) is 6.75. The van der Waals surface area contributed by atoms with Crippen LogP contribution >= 0.6 is 0 Å². The Morgan fingerprint density at radius 1 is 0.947 bits per heavy atom. The summed E-state index contributed by atoms with van der Waals surface area (Å²) in [6.45, 7) is 7.70. The number of aromatic nitrogens is 1. The molecule has 4 rings (SSSR count). The average molecular weight is 516 g/mol. The molecule has 1 heterocycles. The Balaban J connectivity index is 1.36. The third-order valence-electron chi connectivity index (χ3n) is 6.75. The van der Waals surface area contributed by atoms with Crippen molar-refractivity contribution in [1.82, 2.24) is 5.16 Å². The molecular weight excluding hydrogens is 478 g/mol. The molecule has 0 aliphatic heterocycles. The third kappa shape index (κ3) is 6.74. The van der Waals surface area contributed by atoms with E-state index in [4.69, 9.17) is 18.7 Å². The predicted molar refractivity (Wildman–Crippen MR) is 149 cm³/mol. The number of methoxy groups -OCH3 is 1. The summed E-state index contributed by atoms with van der Waals surface area (Å²) in [5, 5.41) is 5.54. The van der Waals surface area contributed by atoms with Gasteiger partial charge in [0.2, 0.25) is 0 Å². The van der Waals surface area contributed by atoms with Crippen LogP contribution in [-0.4, -0.2) is 31.4 Å². The van der Waals surface area contributed by atoms with Crippen LogP contribution < -0.4 is 9.47 Å². The molecule has 0 N–H and O–H groups in total. The number of fused-ring (bicyclic) bond motifs is 1. The molecule has 38 heavy (non-hydrogen) atoms. The molecule has 0 saturated heterocycles. The first kappa shape index (κ1) is 27.2. The largest absolute Gasteiger partial charge is 0.493 e. The lowest BCUT2D eigenvalue weighted by Gasteiger charge is -2.24. The van der Waals surface area contributed by atoms with Crippen molar-refractivity contribution in [2.24, 2.45) is 0 Å². The molecule has 0 saturated carbocycles. The molecule has 0 aliphatic rings. The van der Waals surface area contributed by atoms with Gasteiger partial charge in [-0.15, -0.1) is 0 Å². The monoisotopic (exact) mass is 515 g/mol. The van der Waals surface area contributed by atoms with Crippen molar-refractivity contribution in [3.63, 3.8) is 0 Å². The van der Waals surface area contributed by atoms with Gasteiger partial charge in [-0.2, -0.15) is 0 Å². The normalized spacial score (nSPS) is 11.5. The molecule has 6 nitrogen and oxygen atoms in total. The average Bonchev–Trinajstić information content (AvgIpc) is 3.33. The molecule has 6 heteroatoms. The van der Waals surface area contributed by atoms with E-state index in [1.165, 1.54) is 12.7 Å². The number of benzene rings is 3. The summed E-state index contributed by atoms with van der Waals surface area (Å²) in [6.07, 6.45) is 3.62. The minimum atomic E-state index is -0.256. The first-order valence-corrected chi connectivity index (χ1v) is 13.3. The topological polar surface area (TPSA) is 70.8 Å². The van der Waals surface area contributed by atoms with E-state index in [0.717, 1.165) is 65.0 Å². The van der Waals surface area contributed by atoms with E-state index in [0.29, 0.717) is 13.2 Å². The smallest absolute Gasteiger partial charge is 0.309 e. The quantitative estimate of drug-likeness (QED) is 0.143. The number of carbonyl (C=O) groups is 1. The standard InChI is InChI=1S/C32H37NO5/c1-5-10-27-29(37-20-9-19-36-25-15-13-23(14-16-25)21-30(34)35-4)18-17-26-28(33-38-31(26)27)22-32(2,3)24-11-7-6-8-12-24/h6-8,11-18H,5,9-10,19-22H2,1-4H3. The summed E-state index contributed by atoms with van der Waals surface area (Å²) in [6, 6.07) is 22.1. The zero-order chi connectivity index (χ0) is 27.0. The second-order valence-electron chi connectivity index (χ2n) is 10.2. The summed E-state index contributed by atoms with van der Waals surface area (Å²) in [7, 11) is 1.39. The van der Waals surface area contributed by atoms with E-state index in [1.54, 1.807) is 0 Å². The van der Waals surface area contributed by atoms with Gasteiger partial charge in [0.05, 0.1) is 32.4 Å². The first-order chi connectivity index (χ1) is 18.4. The van der Waals surface area contributed by atoms with Gasteiger partial charge >= 0.3 is 5.97 Å². The Morgan fingerprint density at radius 3 is 2.39 bits per heavy atom. The van der Waals surface area contributed by atoms with Crippen LogP contribution in [0.5, 0.6) is 11.5 Å². The molecule has 0 fully saturated rings. The maximum absolute atomic E-state index is 11.4. The molecule has 4 aromatic rings. The molecule has 0 atom stereocenters. The first-order valence-electron chi connectivity index (χ1n) is 13.3. The van der Waals surface area contributed by atoms with Gasteiger partial charge in [-0.25, -0.2) is 0 Å². The van der Waals surface area contributed by atoms with E-state index in [1.807, 2.05) is 36.4 Å². The molecule has 0 amide bonds. The fourth-order valence-corrected chi connectivity index (χ4v) is 4.62. The molecule has 200 valence electrons. The Morgan fingerprint density at radius 2 is 1.68 bits per heavy atom. The van der Waals surface area contributed by atoms with Gasteiger partial charge in [0.1, 0.15) is 11.5 Å². The zero-order valence-electron chi connectivity index (χ0n) is 22.8. The summed E-state index contributed by atoms with van der Waals surface area (Å²) in [4.78, 5) is 11.4. The fraction of sp³-hybridized carbons (Fsp3) is 0.375. The Hall–Kier alpha value is -3.80. The van der Waals surface area contributed by atoms with E-state index in [-0.39, 0.29) is 17.8 Å². The number of nitrogens with zero attached hydrogens (tertiary/aromatic N) is 1. The minimum Gasteiger partial charge on any atom is -0.493 e. The van der Waals surface area contributed by atoms with Crippen molar-refractivity contribution >= 4 is 16.9 Å². The van der Waals surface area contributed by atoms with Crippen molar-refractivity contribution in [1.29, 1.82) is 0 Å². The van der Waals surface area contributed by atoms with Crippen molar-refractivity contribution in [3.05, 3.63) is 89.1 Å². The van der Waals surface area contributed by atoms with E-state index in [2.05, 4.69) is 56.3 Å². The summed E-state index contributed by atoms with van der Waals surface area (Å²) in [5.41, 5.74) is 4.99. The SMILES string of the molecule is CCCc1c(OCCCOc2ccc(CC(=O)OC)cc2)ccc2c(CC(C)(C)c3ccccc3)noc12. The lowest BCUT2D eigenvalue weighted by Crippen LogP contribution is -2.20. The second-order valence-corrected chi connectivity index (χ2v) is 10.2. The van der Waals surface area contributed by atoms with Crippen molar-refractivity contribution < 1.29 is 23.5 Å². The Bertz CT molecular complexity index is 1330. The maximum atomic E-state index is 11.4. The van der Waals surface area contributed by atoms with Gasteiger partial charge in [0.25, 0.3) is 0 Å². The number of esters is 1. The number of rotatable bonds is 13. The Labute approximate surface area is 224 Å². The van der Waals surface area contributed by atoms with Crippen LogP contribution in [-0.2, 0) is 34.2 Å². The predicted octanol–water partition coefficient (Wildman–Crippen LogP) is 6.86. The van der Waals surface area contributed by atoms with Gasteiger partial charge < -0.3 is 18.7 Å². The van der Waals surface area contributed by atoms with E-state index >= 15 is 0 Å². The van der Waals surface area contributed by atoms with Crippen LogP contribution in [0.3, 0.4) is 0 Å². The molecule has 1 aromatic heterocycles.